The Morgan fingerprint density at radius 3 is 2.59 bits per heavy atom. The molecule has 1 unspecified atom stereocenters. The number of likely N-dealkylation sites (tertiary alicyclic amines) is 1. The summed E-state index contributed by atoms with van der Waals surface area (Å²) in [6.45, 7) is 7.66. The molecule has 2 heterocycles. The minimum absolute atomic E-state index is 0.200. The van der Waals surface area contributed by atoms with Crippen LogP contribution in [0.5, 0.6) is 0 Å². The van der Waals surface area contributed by atoms with Gasteiger partial charge < -0.3 is 14.4 Å². The molecule has 2 fully saturated rings. The molecule has 4 atom stereocenters. The minimum atomic E-state index is -0.606. The summed E-state index contributed by atoms with van der Waals surface area (Å²) in [7, 11) is 0. The molecule has 2 saturated heterocycles. The van der Waals surface area contributed by atoms with E-state index in [0.29, 0.717) is 19.4 Å². The second kappa shape index (κ2) is 8.53. The van der Waals surface area contributed by atoms with Gasteiger partial charge in [0, 0.05) is 13.0 Å². The zero-order chi connectivity index (χ0) is 21.2. The third-order valence-electron chi connectivity index (χ3n) is 5.20. The van der Waals surface area contributed by atoms with Crippen LogP contribution in [0.3, 0.4) is 0 Å². The van der Waals surface area contributed by atoms with Gasteiger partial charge in [-0.1, -0.05) is 30.3 Å². The van der Waals surface area contributed by atoms with Gasteiger partial charge in [0.15, 0.2) is 0 Å². The van der Waals surface area contributed by atoms with E-state index in [0.717, 1.165) is 12.0 Å². The average Bonchev–Trinajstić information content (AvgIpc) is 3.28. The third-order valence-corrected chi connectivity index (χ3v) is 5.20. The maximum absolute atomic E-state index is 13.0. The third kappa shape index (κ3) is 5.15. The number of ether oxygens (including phenoxy) is 2. The summed E-state index contributed by atoms with van der Waals surface area (Å²) in [5.74, 6) is -0.932. The van der Waals surface area contributed by atoms with Gasteiger partial charge in [-0.2, -0.15) is 0 Å². The molecule has 1 aromatic carbocycles. The molecule has 2 aliphatic rings. The number of hydrogen-bond donors (Lipinski definition) is 1. The fourth-order valence-electron chi connectivity index (χ4n) is 3.86. The summed E-state index contributed by atoms with van der Waals surface area (Å²) in [4.78, 5) is 39.3. The number of nitrogens with one attached hydrogen (secondary N) is 1. The van der Waals surface area contributed by atoms with E-state index in [-0.39, 0.29) is 23.9 Å². The molecular formula is C22H30N2O5. The fourth-order valence-corrected chi connectivity index (χ4v) is 3.86. The standard InChI is InChI=1S/C22H30N2O5/c1-14(19(25)24-12-8-11-17(24)21(27)29-22(2,3)4)23-16-13-18(28-20(16)26)15-9-6-5-7-10-15/h5-7,9-10,14,16-18,23H,8,11-13H2,1-4H3/t14?,16-,17-,18-/m0/s1. The topological polar surface area (TPSA) is 84.9 Å². The van der Waals surface area contributed by atoms with Crippen LogP contribution < -0.4 is 5.32 Å². The number of carbonyl (C=O) groups is 3. The molecule has 1 amide bonds. The minimum Gasteiger partial charge on any atom is -0.458 e. The van der Waals surface area contributed by atoms with Gasteiger partial charge in [-0.05, 0) is 46.1 Å². The van der Waals surface area contributed by atoms with Crippen molar-refractivity contribution in [3.05, 3.63) is 35.9 Å². The molecule has 0 radical (unpaired) electrons. The number of carbonyl (C=O) groups excluding carboxylic acids is 3. The number of esters is 2. The Hall–Kier alpha value is -2.41. The van der Waals surface area contributed by atoms with E-state index in [1.165, 1.54) is 0 Å². The van der Waals surface area contributed by atoms with Gasteiger partial charge >= 0.3 is 11.9 Å². The first-order chi connectivity index (χ1) is 13.7. The first kappa shape index (κ1) is 21.3. The van der Waals surface area contributed by atoms with Crippen LogP contribution in [0.2, 0.25) is 0 Å². The van der Waals surface area contributed by atoms with Crippen molar-refractivity contribution in [2.45, 2.75) is 76.8 Å². The second-order valence-electron chi connectivity index (χ2n) is 8.74. The van der Waals surface area contributed by atoms with Gasteiger partial charge in [0.25, 0.3) is 0 Å². The van der Waals surface area contributed by atoms with E-state index >= 15 is 0 Å². The Morgan fingerprint density at radius 2 is 1.93 bits per heavy atom. The Bertz CT molecular complexity index is 758. The van der Waals surface area contributed by atoms with Crippen LogP contribution in [0, 0.1) is 0 Å². The van der Waals surface area contributed by atoms with Gasteiger partial charge in [0.1, 0.15) is 23.8 Å². The zero-order valence-electron chi connectivity index (χ0n) is 17.5. The highest BCUT2D eigenvalue weighted by atomic mass is 16.6. The number of amides is 1. The van der Waals surface area contributed by atoms with Crippen molar-refractivity contribution < 1.29 is 23.9 Å². The predicted octanol–water partition coefficient (Wildman–Crippen LogP) is 2.35. The number of cyclic esters (lactones) is 1. The monoisotopic (exact) mass is 402 g/mol. The summed E-state index contributed by atoms with van der Waals surface area (Å²) < 4.78 is 10.9. The summed E-state index contributed by atoms with van der Waals surface area (Å²) >= 11 is 0. The maximum atomic E-state index is 13.0. The predicted molar refractivity (Wildman–Crippen MR) is 107 cm³/mol. The molecule has 7 heteroatoms. The highest BCUT2D eigenvalue weighted by molar-refractivity contribution is 5.89. The molecule has 0 spiro atoms. The first-order valence-electron chi connectivity index (χ1n) is 10.2. The van der Waals surface area contributed by atoms with Gasteiger partial charge in [-0.15, -0.1) is 0 Å². The van der Waals surface area contributed by atoms with E-state index in [2.05, 4.69) is 5.32 Å². The quantitative estimate of drug-likeness (QED) is 0.761. The number of hydrogen-bond acceptors (Lipinski definition) is 6. The van der Waals surface area contributed by atoms with E-state index in [9.17, 15) is 14.4 Å². The molecule has 1 aromatic rings. The number of benzene rings is 1. The van der Waals surface area contributed by atoms with Crippen molar-refractivity contribution in [3.63, 3.8) is 0 Å². The maximum Gasteiger partial charge on any atom is 0.329 e. The Morgan fingerprint density at radius 1 is 1.24 bits per heavy atom. The van der Waals surface area contributed by atoms with Crippen LogP contribution in [-0.4, -0.2) is 53.0 Å². The lowest BCUT2D eigenvalue weighted by molar-refractivity contribution is -0.163. The molecular weight excluding hydrogens is 372 g/mol. The smallest absolute Gasteiger partial charge is 0.329 e. The molecule has 29 heavy (non-hydrogen) atoms. The summed E-state index contributed by atoms with van der Waals surface area (Å²) in [6, 6.07) is 7.83. The van der Waals surface area contributed by atoms with E-state index in [1.54, 1.807) is 11.8 Å². The largest absolute Gasteiger partial charge is 0.458 e. The molecule has 7 nitrogen and oxygen atoms in total. The first-order valence-corrected chi connectivity index (χ1v) is 10.2. The van der Waals surface area contributed by atoms with Crippen LogP contribution in [0.4, 0.5) is 0 Å². The molecule has 2 aliphatic heterocycles. The molecule has 3 rings (SSSR count). The Kier molecular flexibility index (Phi) is 6.27. The van der Waals surface area contributed by atoms with E-state index in [1.807, 2.05) is 51.1 Å². The Labute approximate surface area is 171 Å². The van der Waals surface area contributed by atoms with Crippen LogP contribution in [0.1, 0.15) is 58.6 Å². The van der Waals surface area contributed by atoms with E-state index < -0.39 is 23.7 Å². The van der Waals surface area contributed by atoms with Crippen molar-refractivity contribution in [1.29, 1.82) is 0 Å². The van der Waals surface area contributed by atoms with Crippen molar-refractivity contribution in [1.82, 2.24) is 10.2 Å². The van der Waals surface area contributed by atoms with Gasteiger partial charge in [-0.3, -0.25) is 14.9 Å². The molecule has 0 aliphatic carbocycles. The van der Waals surface area contributed by atoms with E-state index in [4.69, 9.17) is 9.47 Å². The van der Waals surface area contributed by atoms with Crippen LogP contribution in [-0.2, 0) is 23.9 Å². The number of nitrogens with zero attached hydrogens (tertiary/aromatic N) is 1. The summed E-state index contributed by atoms with van der Waals surface area (Å²) in [5, 5.41) is 3.09. The lowest BCUT2D eigenvalue weighted by Gasteiger charge is -2.29. The summed E-state index contributed by atoms with van der Waals surface area (Å²) in [5.41, 5.74) is 0.340. The lowest BCUT2D eigenvalue weighted by Crippen LogP contribution is -2.52. The van der Waals surface area contributed by atoms with Gasteiger partial charge in [0.2, 0.25) is 5.91 Å². The molecule has 1 N–H and O–H groups in total. The molecule has 158 valence electrons. The van der Waals surface area contributed by atoms with Crippen molar-refractivity contribution in [2.75, 3.05) is 6.54 Å². The highest BCUT2D eigenvalue weighted by Gasteiger charge is 2.41. The summed E-state index contributed by atoms with van der Waals surface area (Å²) in [6.07, 6.45) is 1.50. The highest BCUT2D eigenvalue weighted by Crippen LogP contribution is 2.30. The van der Waals surface area contributed by atoms with Crippen LogP contribution in [0.25, 0.3) is 0 Å². The van der Waals surface area contributed by atoms with Crippen molar-refractivity contribution >= 4 is 17.8 Å². The van der Waals surface area contributed by atoms with Crippen LogP contribution >= 0.6 is 0 Å². The van der Waals surface area contributed by atoms with Crippen molar-refractivity contribution in [2.24, 2.45) is 0 Å². The van der Waals surface area contributed by atoms with Crippen molar-refractivity contribution in [3.8, 4) is 0 Å². The Balaban J connectivity index is 1.60. The van der Waals surface area contributed by atoms with Gasteiger partial charge in [0.05, 0.1) is 6.04 Å². The zero-order valence-corrected chi connectivity index (χ0v) is 17.5. The normalized spacial score (nSPS) is 25.6. The lowest BCUT2D eigenvalue weighted by atomic mass is 10.0. The van der Waals surface area contributed by atoms with Crippen LogP contribution in [0.15, 0.2) is 30.3 Å². The number of rotatable bonds is 5. The SMILES string of the molecule is CC(N[C@H]1C[C@@H](c2ccccc2)OC1=O)C(=O)N1CCC[C@H]1C(=O)OC(C)(C)C. The fraction of sp³-hybridized carbons (Fsp3) is 0.591. The second-order valence-corrected chi connectivity index (χ2v) is 8.74. The molecule has 0 saturated carbocycles. The average molecular weight is 402 g/mol. The molecule has 0 aromatic heterocycles. The van der Waals surface area contributed by atoms with Gasteiger partial charge in [-0.25, -0.2) is 4.79 Å². The molecule has 0 bridgehead atoms.